The van der Waals surface area contributed by atoms with Crippen LogP contribution in [0.1, 0.15) is 0 Å². The van der Waals surface area contributed by atoms with Gasteiger partial charge in [-0.3, -0.25) is 0 Å². The largest absolute Gasteiger partial charge is 0.499 e. The molecule has 0 bridgehead atoms. The smallest absolute Gasteiger partial charge is 0.301 e. The van der Waals surface area contributed by atoms with Crippen LogP contribution in [0.15, 0.2) is 0 Å². The normalized spacial score (nSPS) is 12.3. The third kappa shape index (κ3) is 13.4. The van der Waals surface area contributed by atoms with Crippen molar-refractivity contribution in [1.82, 2.24) is 0 Å². The van der Waals surface area contributed by atoms with E-state index in [1.165, 1.54) is 0 Å². The zero-order chi connectivity index (χ0) is 9.12. The molecule has 0 aliphatic heterocycles. The summed E-state index contributed by atoms with van der Waals surface area (Å²) in [7, 11) is -9.88. The maximum absolute atomic E-state index is 9.73. The molecular weight excluding hydrogens is 271 g/mol. The fraction of sp³-hybridized carbons (Fsp3) is 0. The van der Waals surface area contributed by atoms with E-state index in [4.69, 9.17) is 19.6 Å². The molecule has 0 aromatic heterocycles. The fourth-order valence-electron chi connectivity index (χ4n) is 0.0929. The van der Waals surface area contributed by atoms with Gasteiger partial charge in [-0.2, -0.15) is 0 Å². The Hall–Kier alpha value is 0.803. The van der Waals surface area contributed by atoms with Gasteiger partial charge in [0, 0.05) is 19.5 Å². The molecule has 0 unspecified atom stereocenters. The van der Waals surface area contributed by atoms with E-state index in [1.54, 1.807) is 0 Å². The minimum absolute atomic E-state index is 0. The van der Waals surface area contributed by atoms with Gasteiger partial charge in [0.2, 0.25) is 0 Å². The van der Waals surface area contributed by atoms with E-state index in [-0.39, 0.29) is 19.5 Å². The van der Waals surface area contributed by atoms with Crippen LogP contribution in [0.3, 0.4) is 0 Å². The maximum Gasteiger partial charge on any atom is 0.499 e. The molecule has 0 radical (unpaired) electrons. The molecule has 12 heteroatoms. The second-order valence-corrected chi connectivity index (χ2v) is 3.46. The van der Waals surface area contributed by atoms with Gasteiger partial charge in [0.1, 0.15) is 0 Å². The van der Waals surface area contributed by atoms with Crippen molar-refractivity contribution < 1.29 is 62.6 Å². The molecule has 0 aromatic rings. The molecule has 0 saturated heterocycles. The zero-order valence-electron chi connectivity index (χ0n) is 5.43. The molecule has 0 atom stereocenters. The Labute approximate surface area is 78.7 Å². The van der Waals surface area contributed by atoms with Gasteiger partial charge in [-0.15, -0.1) is 0 Å². The van der Waals surface area contributed by atoms with Crippen molar-refractivity contribution in [3.8, 4) is 0 Å². The summed E-state index contributed by atoms with van der Waals surface area (Å²) < 4.78 is 25.6. The van der Waals surface area contributed by atoms with Crippen LogP contribution in [0.5, 0.6) is 0 Å². The van der Waals surface area contributed by atoms with E-state index in [0.29, 0.717) is 0 Å². The van der Waals surface area contributed by atoms with Gasteiger partial charge < -0.3 is 19.6 Å². The molecule has 0 fully saturated rings. The Balaban J connectivity index is 0. The number of hydrogen-bond acceptors (Lipinski definition) is 5. The minimum atomic E-state index is -4.94. The quantitative estimate of drug-likeness (QED) is 0.221. The summed E-state index contributed by atoms with van der Waals surface area (Å²) in [4.78, 5) is 31.4. The number of phosphoric acid groups is 2. The third-order valence-electron chi connectivity index (χ3n) is 0.255. The first-order chi connectivity index (χ1) is 4.71. The molecule has 70 valence electrons. The SMILES string of the molecule is O=P(O)(O)OOOP(=O)(O)O.[Zn]. The van der Waals surface area contributed by atoms with Gasteiger partial charge in [-0.05, 0) is 5.04 Å². The van der Waals surface area contributed by atoms with Crippen molar-refractivity contribution in [2.24, 2.45) is 0 Å². The molecule has 0 amide bonds. The van der Waals surface area contributed by atoms with E-state index >= 15 is 0 Å². The van der Waals surface area contributed by atoms with Crippen LogP contribution < -0.4 is 0 Å². The molecule has 0 heterocycles. The molecule has 12 heavy (non-hydrogen) atoms. The predicted octanol–water partition coefficient (Wildman–Crippen LogP) is -0.951. The Morgan fingerprint density at radius 3 is 1.25 bits per heavy atom. The summed E-state index contributed by atoms with van der Waals surface area (Å²) in [5.74, 6) is 0. The Morgan fingerprint density at radius 2 is 1.08 bits per heavy atom. The summed E-state index contributed by atoms with van der Waals surface area (Å²) in [5, 5.41) is 3.04. The van der Waals surface area contributed by atoms with Crippen molar-refractivity contribution in [3.05, 3.63) is 0 Å². The van der Waals surface area contributed by atoms with Crippen LogP contribution >= 0.6 is 15.6 Å². The molecule has 0 saturated carbocycles. The predicted molar refractivity (Wildman–Crippen MR) is 27.3 cm³/mol. The van der Waals surface area contributed by atoms with Gasteiger partial charge in [-0.25, -0.2) is 9.13 Å². The second kappa shape index (κ2) is 5.52. The van der Waals surface area contributed by atoms with E-state index < -0.39 is 15.6 Å². The van der Waals surface area contributed by atoms with Crippen molar-refractivity contribution in [1.29, 1.82) is 0 Å². The van der Waals surface area contributed by atoms with Crippen LogP contribution in [0.25, 0.3) is 0 Å². The second-order valence-electron chi connectivity index (χ2n) is 1.20. The summed E-state index contributed by atoms with van der Waals surface area (Å²) in [6, 6.07) is 0. The average molecular weight is 275 g/mol. The summed E-state index contributed by atoms with van der Waals surface area (Å²) in [6.07, 6.45) is 0. The van der Waals surface area contributed by atoms with Crippen molar-refractivity contribution in [3.63, 3.8) is 0 Å². The minimum Gasteiger partial charge on any atom is -0.301 e. The maximum atomic E-state index is 9.73. The van der Waals surface area contributed by atoms with Crippen molar-refractivity contribution in [2.75, 3.05) is 0 Å². The molecule has 0 aliphatic rings. The summed E-state index contributed by atoms with van der Waals surface area (Å²) >= 11 is 0. The molecule has 0 spiro atoms. The van der Waals surface area contributed by atoms with Gasteiger partial charge in [0.25, 0.3) is 0 Å². The van der Waals surface area contributed by atoms with Gasteiger partial charge in [-0.1, -0.05) is 9.35 Å². The topological polar surface area (TPSA) is 143 Å². The van der Waals surface area contributed by atoms with Gasteiger partial charge >= 0.3 is 15.6 Å². The first kappa shape index (κ1) is 15.3. The number of rotatable bonds is 4. The average Bonchev–Trinajstić information content (AvgIpc) is 1.55. The Bertz CT molecular complexity index is 175. The Kier molecular flexibility index (Phi) is 7.03. The molecule has 0 rings (SSSR count). The van der Waals surface area contributed by atoms with Crippen LogP contribution in [0, 0.1) is 0 Å². The van der Waals surface area contributed by atoms with Crippen molar-refractivity contribution >= 4 is 15.6 Å². The fourth-order valence-corrected chi connectivity index (χ4v) is 0.360. The first-order valence-corrected chi connectivity index (χ1v) is 4.92. The van der Waals surface area contributed by atoms with Crippen molar-refractivity contribution in [2.45, 2.75) is 0 Å². The van der Waals surface area contributed by atoms with E-state index in [0.717, 1.165) is 0 Å². The Morgan fingerprint density at radius 1 is 0.833 bits per heavy atom. The van der Waals surface area contributed by atoms with Gasteiger partial charge in [0.15, 0.2) is 0 Å². The van der Waals surface area contributed by atoms with E-state index in [2.05, 4.69) is 14.4 Å². The van der Waals surface area contributed by atoms with Crippen LogP contribution in [0.2, 0.25) is 0 Å². The summed E-state index contributed by atoms with van der Waals surface area (Å²) in [5.41, 5.74) is 0. The molecule has 0 aliphatic carbocycles. The first-order valence-electron chi connectivity index (χ1n) is 1.86. The number of hydrogen-bond donors (Lipinski definition) is 4. The molecular formula is H4O9P2Zn. The van der Waals surface area contributed by atoms with Crippen LogP contribution in [-0.4, -0.2) is 19.6 Å². The van der Waals surface area contributed by atoms with E-state index in [1.807, 2.05) is 0 Å². The standard InChI is InChI=1S/H4O9P2.Zn/c1-10(2,3)8-7-9-11(4,5)6;/h(H2,1,2,3)(H2,4,5,6);. The zero-order valence-corrected chi connectivity index (χ0v) is 10.2. The molecule has 4 N–H and O–H groups in total. The van der Waals surface area contributed by atoms with Crippen LogP contribution in [-0.2, 0) is 43.0 Å². The van der Waals surface area contributed by atoms with Crippen LogP contribution in [0.4, 0.5) is 0 Å². The molecule has 0 aromatic carbocycles. The van der Waals surface area contributed by atoms with Gasteiger partial charge in [0.05, 0.1) is 0 Å². The monoisotopic (exact) mass is 274 g/mol. The van der Waals surface area contributed by atoms with E-state index in [9.17, 15) is 9.13 Å². The molecule has 9 nitrogen and oxygen atoms in total. The third-order valence-corrected chi connectivity index (χ3v) is 0.765. The summed E-state index contributed by atoms with van der Waals surface area (Å²) in [6.45, 7) is 0.